The zero-order valence-corrected chi connectivity index (χ0v) is 13.6. The zero-order chi connectivity index (χ0) is 17.8. The first-order valence-electron chi connectivity index (χ1n) is 7.96. The number of carbonyl (C=O) groups is 1. The fourth-order valence-corrected chi connectivity index (χ4v) is 2.48. The number of pyridine rings is 1. The van der Waals surface area contributed by atoms with Gasteiger partial charge in [-0.3, -0.25) is 9.78 Å². The molecule has 7 nitrogen and oxygen atoms in total. The Labute approximate surface area is 148 Å². The van der Waals surface area contributed by atoms with Crippen molar-refractivity contribution in [2.75, 3.05) is 5.32 Å². The first kappa shape index (κ1) is 15.8. The summed E-state index contributed by atoms with van der Waals surface area (Å²) in [7, 11) is 0. The third kappa shape index (κ3) is 3.36. The molecule has 0 aliphatic heterocycles. The van der Waals surface area contributed by atoms with Crippen LogP contribution in [0.15, 0.2) is 76.0 Å². The summed E-state index contributed by atoms with van der Waals surface area (Å²) in [5.74, 6) is 1.08. The van der Waals surface area contributed by atoms with Gasteiger partial charge in [-0.15, -0.1) is 0 Å². The fourth-order valence-electron chi connectivity index (χ4n) is 2.48. The van der Waals surface area contributed by atoms with E-state index in [1.807, 2.05) is 24.3 Å². The molecular formula is C19H14N4O3. The number of rotatable bonds is 5. The molecular weight excluding hydrogens is 332 g/mol. The van der Waals surface area contributed by atoms with Gasteiger partial charge >= 0.3 is 0 Å². The van der Waals surface area contributed by atoms with E-state index < -0.39 is 0 Å². The van der Waals surface area contributed by atoms with Crippen molar-refractivity contribution in [3.05, 3.63) is 84.2 Å². The van der Waals surface area contributed by atoms with Gasteiger partial charge in [0.05, 0.1) is 12.7 Å². The maximum Gasteiger partial charge on any atom is 0.274 e. The molecule has 0 saturated heterocycles. The van der Waals surface area contributed by atoms with Crippen LogP contribution >= 0.6 is 0 Å². The summed E-state index contributed by atoms with van der Waals surface area (Å²) >= 11 is 0. The highest BCUT2D eigenvalue weighted by molar-refractivity contribution is 6.03. The molecule has 0 spiro atoms. The van der Waals surface area contributed by atoms with E-state index in [4.69, 9.17) is 8.94 Å². The van der Waals surface area contributed by atoms with E-state index in [1.165, 1.54) is 0 Å². The Morgan fingerprint density at radius 3 is 2.73 bits per heavy atom. The van der Waals surface area contributed by atoms with Crippen LogP contribution in [0.4, 0.5) is 5.69 Å². The maximum absolute atomic E-state index is 12.3. The summed E-state index contributed by atoms with van der Waals surface area (Å²) in [5, 5.41) is 6.79. The molecule has 1 amide bonds. The van der Waals surface area contributed by atoms with Crippen LogP contribution in [0.5, 0.6) is 0 Å². The number of hydrogen-bond acceptors (Lipinski definition) is 6. The summed E-state index contributed by atoms with van der Waals surface area (Å²) in [6.07, 6.45) is 3.51. The number of nitrogens with zero attached hydrogens (tertiary/aromatic N) is 3. The number of amides is 1. The molecule has 128 valence electrons. The predicted octanol–water partition coefficient (Wildman–Crippen LogP) is 3.57. The van der Waals surface area contributed by atoms with Gasteiger partial charge in [-0.2, -0.15) is 4.98 Å². The molecule has 0 aliphatic carbocycles. The van der Waals surface area contributed by atoms with E-state index in [0.717, 1.165) is 5.56 Å². The lowest BCUT2D eigenvalue weighted by Gasteiger charge is -2.09. The minimum Gasteiger partial charge on any atom is -0.461 e. The molecule has 1 N–H and O–H groups in total. The van der Waals surface area contributed by atoms with Crippen LogP contribution in [-0.2, 0) is 6.42 Å². The van der Waals surface area contributed by atoms with Crippen LogP contribution in [0.1, 0.15) is 21.9 Å². The van der Waals surface area contributed by atoms with Crippen molar-refractivity contribution in [3.8, 4) is 11.6 Å². The van der Waals surface area contributed by atoms with Crippen LogP contribution in [0, 0.1) is 0 Å². The van der Waals surface area contributed by atoms with Crippen molar-refractivity contribution < 1.29 is 13.7 Å². The number of aromatic nitrogens is 3. The SMILES string of the molecule is O=C(Nc1ccccc1Cc1nc(-c2ccco2)no1)c1ccccn1. The standard InChI is InChI=1S/C19H14N4O3/c24-19(15-8-3-4-10-20-15)21-14-7-2-1-6-13(14)12-17-22-18(23-26-17)16-9-5-11-25-16/h1-11H,12H2,(H,21,24). The Hall–Kier alpha value is -3.74. The zero-order valence-electron chi connectivity index (χ0n) is 13.6. The van der Waals surface area contributed by atoms with Gasteiger partial charge in [-0.25, -0.2) is 0 Å². The Kier molecular flexibility index (Phi) is 4.26. The lowest BCUT2D eigenvalue weighted by atomic mass is 10.1. The molecule has 0 aliphatic rings. The first-order chi connectivity index (χ1) is 12.8. The minimum atomic E-state index is -0.278. The number of carbonyl (C=O) groups excluding carboxylic acids is 1. The van der Waals surface area contributed by atoms with Gasteiger partial charge in [0.1, 0.15) is 5.69 Å². The number of nitrogens with one attached hydrogen (secondary N) is 1. The summed E-state index contributed by atoms with van der Waals surface area (Å²) in [6.45, 7) is 0. The molecule has 7 heteroatoms. The van der Waals surface area contributed by atoms with Crippen molar-refractivity contribution in [1.82, 2.24) is 15.1 Å². The molecule has 0 saturated carbocycles. The van der Waals surface area contributed by atoms with Gasteiger partial charge < -0.3 is 14.3 Å². The average Bonchev–Trinajstić information content (AvgIpc) is 3.36. The topological polar surface area (TPSA) is 94.1 Å². The molecule has 0 fully saturated rings. The molecule has 4 rings (SSSR count). The highest BCUT2D eigenvalue weighted by Gasteiger charge is 2.14. The smallest absolute Gasteiger partial charge is 0.274 e. The molecule has 0 unspecified atom stereocenters. The second-order valence-corrected chi connectivity index (χ2v) is 5.49. The first-order valence-corrected chi connectivity index (χ1v) is 7.96. The number of para-hydroxylation sites is 1. The van der Waals surface area contributed by atoms with Gasteiger partial charge in [0.15, 0.2) is 5.76 Å². The molecule has 0 bridgehead atoms. The van der Waals surface area contributed by atoms with Gasteiger partial charge in [0.2, 0.25) is 11.7 Å². The van der Waals surface area contributed by atoms with Crippen molar-refractivity contribution in [2.45, 2.75) is 6.42 Å². The largest absolute Gasteiger partial charge is 0.461 e. The fraction of sp³-hybridized carbons (Fsp3) is 0.0526. The van der Waals surface area contributed by atoms with Crippen LogP contribution in [0.25, 0.3) is 11.6 Å². The Morgan fingerprint density at radius 1 is 1.04 bits per heavy atom. The van der Waals surface area contributed by atoms with Gasteiger partial charge in [0.25, 0.3) is 5.91 Å². The normalized spacial score (nSPS) is 10.6. The number of furan rings is 1. The summed E-state index contributed by atoms with van der Waals surface area (Å²) in [6, 6.07) is 16.1. The van der Waals surface area contributed by atoms with Crippen LogP contribution in [-0.4, -0.2) is 21.0 Å². The number of benzene rings is 1. The third-order valence-electron chi connectivity index (χ3n) is 3.71. The highest BCUT2D eigenvalue weighted by atomic mass is 16.5. The molecule has 0 atom stereocenters. The second-order valence-electron chi connectivity index (χ2n) is 5.49. The van der Waals surface area contributed by atoms with E-state index in [-0.39, 0.29) is 5.91 Å². The Morgan fingerprint density at radius 2 is 1.92 bits per heavy atom. The Bertz CT molecular complexity index is 1010. The van der Waals surface area contributed by atoms with E-state index in [2.05, 4.69) is 20.4 Å². The van der Waals surface area contributed by atoms with E-state index >= 15 is 0 Å². The van der Waals surface area contributed by atoms with Crippen LogP contribution in [0.3, 0.4) is 0 Å². The van der Waals surface area contributed by atoms with Crippen molar-refractivity contribution in [2.24, 2.45) is 0 Å². The average molecular weight is 346 g/mol. The number of hydrogen-bond donors (Lipinski definition) is 1. The van der Waals surface area contributed by atoms with Gasteiger partial charge in [-0.1, -0.05) is 29.4 Å². The lowest BCUT2D eigenvalue weighted by Crippen LogP contribution is -2.14. The summed E-state index contributed by atoms with van der Waals surface area (Å²) < 4.78 is 10.6. The summed E-state index contributed by atoms with van der Waals surface area (Å²) in [4.78, 5) is 20.7. The minimum absolute atomic E-state index is 0.278. The lowest BCUT2D eigenvalue weighted by molar-refractivity contribution is 0.102. The van der Waals surface area contributed by atoms with Crippen LogP contribution in [0.2, 0.25) is 0 Å². The summed E-state index contributed by atoms with van der Waals surface area (Å²) in [5.41, 5.74) is 1.87. The van der Waals surface area contributed by atoms with Crippen molar-refractivity contribution >= 4 is 11.6 Å². The molecule has 3 heterocycles. The molecule has 3 aromatic heterocycles. The quantitative estimate of drug-likeness (QED) is 0.594. The molecule has 1 aromatic carbocycles. The monoisotopic (exact) mass is 346 g/mol. The van der Waals surface area contributed by atoms with E-state index in [0.29, 0.717) is 35.3 Å². The van der Waals surface area contributed by atoms with Gasteiger partial charge in [0, 0.05) is 11.9 Å². The van der Waals surface area contributed by atoms with Crippen molar-refractivity contribution in [1.29, 1.82) is 0 Å². The van der Waals surface area contributed by atoms with E-state index in [9.17, 15) is 4.79 Å². The Balaban J connectivity index is 1.54. The van der Waals surface area contributed by atoms with Gasteiger partial charge in [-0.05, 0) is 35.9 Å². The third-order valence-corrected chi connectivity index (χ3v) is 3.71. The highest BCUT2D eigenvalue weighted by Crippen LogP contribution is 2.21. The second kappa shape index (κ2) is 7.02. The molecule has 4 aromatic rings. The maximum atomic E-state index is 12.3. The van der Waals surface area contributed by atoms with E-state index in [1.54, 1.807) is 42.8 Å². The molecule has 0 radical (unpaired) electrons. The number of anilines is 1. The predicted molar refractivity (Wildman–Crippen MR) is 93.4 cm³/mol. The molecule has 26 heavy (non-hydrogen) atoms. The van der Waals surface area contributed by atoms with Crippen molar-refractivity contribution in [3.63, 3.8) is 0 Å². The van der Waals surface area contributed by atoms with Crippen LogP contribution < -0.4 is 5.32 Å².